The number of ether oxygens (including phenoxy) is 1. The summed E-state index contributed by atoms with van der Waals surface area (Å²) in [6.07, 6.45) is 0.213. The maximum atomic E-state index is 12.0. The Balaban J connectivity index is 2.82. The number of carbonyl (C=O) groups is 1. The molecular formula is C15H23NO4. The molecule has 0 heterocycles. The molecule has 0 aromatic heterocycles. The number of nitrogens with one attached hydrogen (secondary N) is 1. The van der Waals surface area contributed by atoms with Gasteiger partial charge < -0.3 is 20.3 Å². The predicted octanol–water partition coefficient (Wildman–Crippen LogP) is 1.96. The minimum absolute atomic E-state index is 0.130. The first kappa shape index (κ1) is 16.3. The first-order chi connectivity index (χ1) is 9.29. The van der Waals surface area contributed by atoms with Gasteiger partial charge in [-0.25, -0.2) is 0 Å². The van der Waals surface area contributed by atoms with E-state index < -0.39 is 6.04 Å². The fraction of sp³-hybridized carbons (Fsp3) is 0.533. The standard InChI is InChI=1S/C15H23NO4/c1-9(2)16-12(15(19)20-10(3)4)7-11-5-6-13(17)14(18)8-11/h5-6,8-10,12,16-18H,7H2,1-4H3/t12-/m0/s1. The summed E-state index contributed by atoms with van der Waals surface area (Å²) < 4.78 is 5.23. The van der Waals surface area contributed by atoms with Crippen LogP contribution in [0, 0.1) is 0 Å². The molecule has 0 amide bonds. The lowest BCUT2D eigenvalue weighted by molar-refractivity contribution is -0.150. The van der Waals surface area contributed by atoms with Crippen molar-refractivity contribution in [3.63, 3.8) is 0 Å². The van der Waals surface area contributed by atoms with Crippen LogP contribution in [0.25, 0.3) is 0 Å². The van der Waals surface area contributed by atoms with Crippen molar-refractivity contribution in [1.82, 2.24) is 5.32 Å². The molecule has 0 unspecified atom stereocenters. The first-order valence-corrected chi connectivity index (χ1v) is 6.77. The number of esters is 1. The van der Waals surface area contributed by atoms with Gasteiger partial charge in [0.05, 0.1) is 6.10 Å². The summed E-state index contributed by atoms with van der Waals surface area (Å²) in [5, 5.41) is 21.9. The Hall–Kier alpha value is -1.75. The van der Waals surface area contributed by atoms with Crippen LogP contribution in [0.1, 0.15) is 33.3 Å². The fourth-order valence-corrected chi connectivity index (χ4v) is 1.86. The quantitative estimate of drug-likeness (QED) is 0.549. The third-order valence-corrected chi connectivity index (χ3v) is 2.65. The Labute approximate surface area is 119 Å². The van der Waals surface area contributed by atoms with E-state index in [-0.39, 0.29) is 29.6 Å². The Morgan fingerprint density at radius 1 is 1.20 bits per heavy atom. The molecule has 3 N–H and O–H groups in total. The van der Waals surface area contributed by atoms with Gasteiger partial charge in [-0.3, -0.25) is 4.79 Å². The van der Waals surface area contributed by atoms with Crippen molar-refractivity contribution in [1.29, 1.82) is 0 Å². The maximum Gasteiger partial charge on any atom is 0.323 e. The van der Waals surface area contributed by atoms with Crippen molar-refractivity contribution >= 4 is 5.97 Å². The zero-order valence-electron chi connectivity index (χ0n) is 12.4. The molecule has 0 saturated carbocycles. The van der Waals surface area contributed by atoms with Gasteiger partial charge in [-0.1, -0.05) is 19.9 Å². The molecule has 0 aliphatic heterocycles. The summed E-state index contributed by atoms with van der Waals surface area (Å²) in [5.74, 6) is -0.684. The molecule has 112 valence electrons. The van der Waals surface area contributed by atoms with E-state index in [9.17, 15) is 15.0 Å². The monoisotopic (exact) mass is 281 g/mol. The van der Waals surface area contributed by atoms with Crippen LogP contribution in [-0.4, -0.2) is 34.4 Å². The molecule has 0 saturated heterocycles. The van der Waals surface area contributed by atoms with Crippen molar-refractivity contribution in [2.24, 2.45) is 0 Å². The summed E-state index contributed by atoms with van der Waals surface area (Å²) in [7, 11) is 0. The van der Waals surface area contributed by atoms with Gasteiger partial charge >= 0.3 is 5.97 Å². The predicted molar refractivity (Wildman–Crippen MR) is 76.8 cm³/mol. The van der Waals surface area contributed by atoms with Gasteiger partial charge in [0, 0.05) is 6.04 Å². The van der Waals surface area contributed by atoms with Gasteiger partial charge in [0.25, 0.3) is 0 Å². The van der Waals surface area contributed by atoms with Crippen LogP contribution in [0.4, 0.5) is 0 Å². The van der Waals surface area contributed by atoms with Crippen LogP contribution in [0.3, 0.4) is 0 Å². The van der Waals surface area contributed by atoms with Gasteiger partial charge in [0.2, 0.25) is 0 Å². The van der Waals surface area contributed by atoms with Crippen LogP contribution in [0.15, 0.2) is 18.2 Å². The van der Waals surface area contributed by atoms with E-state index in [1.54, 1.807) is 19.9 Å². The summed E-state index contributed by atoms with van der Waals surface area (Å²) in [5.41, 5.74) is 0.749. The average Bonchev–Trinajstić information content (AvgIpc) is 2.31. The molecule has 5 nitrogen and oxygen atoms in total. The van der Waals surface area contributed by atoms with Crippen molar-refractivity contribution in [3.05, 3.63) is 23.8 Å². The zero-order valence-corrected chi connectivity index (χ0v) is 12.4. The van der Waals surface area contributed by atoms with Crippen LogP contribution in [0.5, 0.6) is 11.5 Å². The molecule has 0 fully saturated rings. The number of phenols is 2. The number of hydrogen-bond donors (Lipinski definition) is 3. The highest BCUT2D eigenvalue weighted by Crippen LogP contribution is 2.25. The summed E-state index contributed by atoms with van der Waals surface area (Å²) in [6, 6.07) is 4.18. The fourth-order valence-electron chi connectivity index (χ4n) is 1.86. The van der Waals surface area contributed by atoms with Gasteiger partial charge in [-0.05, 0) is 38.0 Å². The molecule has 1 rings (SSSR count). The zero-order chi connectivity index (χ0) is 15.3. The van der Waals surface area contributed by atoms with Crippen LogP contribution < -0.4 is 5.32 Å². The lowest BCUT2D eigenvalue weighted by Crippen LogP contribution is -2.44. The van der Waals surface area contributed by atoms with Gasteiger partial charge in [-0.15, -0.1) is 0 Å². The third kappa shape index (κ3) is 5.09. The second-order valence-corrected chi connectivity index (χ2v) is 5.39. The maximum absolute atomic E-state index is 12.0. The second kappa shape index (κ2) is 7.14. The van der Waals surface area contributed by atoms with E-state index in [0.29, 0.717) is 6.42 Å². The number of phenolic OH excluding ortho intramolecular Hbond substituents is 2. The number of carbonyl (C=O) groups excluding carboxylic acids is 1. The molecule has 0 bridgehead atoms. The Morgan fingerprint density at radius 2 is 1.85 bits per heavy atom. The van der Waals surface area contributed by atoms with Crippen molar-refractivity contribution < 1.29 is 19.7 Å². The summed E-state index contributed by atoms with van der Waals surface area (Å²) >= 11 is 0. The molecule has 0 aliphatic carbocycles. The highest BCUT2D eigenvalue weighted by atomic mass is 16.5. The second-order valence-electron chi connectivity index (χ2n) is 5.39. The molecule has 5 heteroatoms. The van der Waals surface area contributed by atoms with E-state index in [2.05, 4.69) is 5.32 Å². The van der Waals surface area contributed by atoms with E-state index in [0.717, 1.165) is 5.56 Å². The minimum atomic E-state index is -0.485. The first-order valence-electron chi connectivity index (χ1n) is 6.77. The number of benzene rings is 1. The topological polar surface area (TPSA) is 78.8 Å². The smallest absolute Gasteiger partial charge is 0.323 e. The van der Waals surface area contributed by atoms with Crippen molar-refractivity contribution in [2.45, 2.75) is 52.3 Å². The lowest BCUT2D eigenvalue weighted by atomic mass is 10.0. The van der Waals surface area contributed by atoms with Crippen molar-refractivity contribution in [3.8, 4) is 11.5 Å². The minimum Gasteiger partial charge on any atom is -0.504 e. The SMILES string of the molecule is CC(C)N[C@@H](Cc1ccc(O)c(O)c1)C(=O)OC(C)C. The molecule has 1 atom stereocenters. The largest absolute Gasteiger partial charge is 0.504 e. The van der Waals surface area contributed by atoms with Crippen molar-refractivity contribution in [2.75, 3.05) is 0 Å². The third-order valence-electron chi connectivity index (χ3n) is 2.65. The van der Waals surface area contributed by atoms with Gasteiger partial charge in [0.1, 0.15) is 6.04 Å². The highest BCUT2D eigenvalue weighted by molar-refractivity contribution is 5.76. The number of hydrogen-bond acceptors (Lipinski definition) is 5. The molecule has 20 heavy (non-hydrogen) atoms. The van der Waals surface area contributed by atoms with Gasteiger partial charge in [-0.2, -0.15) is 0 Å². The van der Waals surface area contributed by atoms with E-state index in [1.807, 2.05) is 13.8 Å². The Kier molecular flexibility index (Phi) is 5.82. The summed E-state index contributed by atoms with van der Waals surface area (Å²) in [6.45, 7) is 7.50. The van der Waals surface area contributed by atoms with E-state index in [4.69, 9.17) is 4.74 Å². The Morgan fingerprint density at radius 3 is 2.35 bits per heavy atom. The number of aromatic hydroxyl groups is 2. The lowest BCUT2D eigenvalue weighted by Gasteiger charge is -2.21. The van der Waals surface area contributed by atoms with Crippen LogP contribution in [-0.2, 0) is 16.0 Å². The molecule has 0 aliphatic rings. The average molecular weight is 281 g/mol. The van der Waals surface area contributed by atoms with E-state index >= 15 is 0 Å². The Bertz CT molecular complexity index is 457. The summed E-state index contributed by atoms with van der Waals surface area (Å²) in [4.78, 5) is 12.0. The molecular weight excluding hydrogens is 258 g/mol. The van der Waals surface area contributed by atoms with E-state index in [1.165, 1.54) is 12.1 Å². The molecule has 1 aromatic rings. The normalized spacial score (nSPS) is 12.7. The van der Waals surface area contributed by atoms with Gasteiger partial charge in [0.15, 0.2) is 11.5 Å². The van der Waals surface area contributed by atoms with Crippen LogP contribution >= 0.6 is 0 Å². The van der Waals surface area contributed by atoms with Crippen LogP contribution in [0.2, 0.25) is 0 Å². The molecule has 0 radical (unpaired) electrons. The number of rotatable bonds is 6. The molecule has 0 spiro atoms. The highest BCUT2D eigenvalue weighted by Gasteiger charge is 2.22. The molecule has 1 aromatic carbocycles.